The SMILES string of the molecule is CC(C)(N)CC(=O)N1CCC(c2ccccc2)C1. The van der Waals surface area contributed by atoms with Gasteiger partial charge in [-0.05, 0) is 25.8 Å². The van der Waals surface area contributed by atoms with Crippen molar-refractivity contribution in [3.63, 3.8) is 0 Å². The number of hydrogen-bond acceptors (Lipinski definition) is 2. The van der Waals surface area contributed by atoms with Gasteiger partial charge in [-0.2, -0.15) is 0 Å². The zero-order chi connectivity index (χ0) is 13.2. The predicted octanol–water partition coefficient (Wildman–Crippen LogP) is 2.13. The smallest absolute Gasteiger partial charge is 0.224 e. The molecule has 1 fully saturated rings. The highest BCUT2D eigenvalue weighted by atomic mass is 16.2. The molecule has 0 bridgehead atoms. The summed E-state index contributed by atoms with van der Waals surface area (Å²) in [6.07, 6.45) is 1.48. The molecule has 0 saturated carbocycles. The quantitative estimate of drug-likeness (QED) is 0.888. The Hall–Kier alpha value is -1.35. The molecule has 18 heavy (non-hydrogen) atoms. The number of rotatable bonds is 3. The third-order valence-electron chi connectivity index (χ3n) is 3.42. The highest BCUT2D eigenvalue weighted by molar-refractivity contribution is 5.77. The Labute approximate surface area is 109 Å². The lowest BCUT2D eigenvalue weighted by molar-refractivity contribution is -0.131. The fraction of sp³-hybridized carbons (Fsp3) is 0.533. The van der Waals surface area contributed by atoms with Crippen LogP contribution in [0.2, 0.25) is 0 Å². The first kappa shape index (κ1) is 13.1. The topological polar surface area (TPSA) is 46.3 Å². The average Bonchev–Trinajstić information content (AvgIpc) is 2.77. The second kappa shape index (κ2) is 5.11. The Morgan fingerprint density at radius 2 is 2.06 bits per heavy atom. The van der Waals surface area contributed by atoms with Crippen LogP contribution in [0.1, 0.15) is 38.2 Å². The van der Waals surface area contributed by atoms with Gasteiger partial charge in [0.15, 0.2) is 0 Å². The van der Waals surface area contributed by atoms with Crippen LogP contribution in [0.15, 0.2) is 30.3 Å². The maximum Gasteiger partial charge on any atom is 0.224 e. The van der Waals surface area contributed by atoms with Crippen LogP contribution in [0.25, 0.3) is 0 Å². The molecule has 2 N–H and O–H groups in total. The summed E-state index contributed by atoms with van der Waals surface area (Å²) in [6.45, 7) is 5.48. The van der Waals surface area contributed by atoms with Crippen molar-refractivity contribution in [3.8, 4) is 0 Å². The number of nitrogens with two attached hydrogens (primary N) is 1. The Balaban J connectivity index is 1.95. The van der Waals surface area contributed by atoms with Crippen LogP contribution in [0.5, 0.6) is 0 Å². The number of benzene rings is 1. The first-order valence-corrected chi connectivity index (χ1v) is 6.57. The van der Waals surface area contributed by atoms with Gasteiger partial charge in [0.2, 0.25) is 5.91 Å². The maximum atomic E-state index is 12.1. The lowest BCUT2D eigenvalue weighted by atomic mass is 9.98. The zero-order valence-corrected chi connectivity index (χ0v) is 11.2. The van der Waals surface area contributed by atoms with E-state index in [1.165, 1.54) is 5.56 Å². The van der Waals surface area contributed by atoms with E-state index in [4.69, 9.17) is 5.73 Å². The molecule has 1 saturated heterocycles. The van der Waals surface area contributed by atoms with Crippen molar-refractivity contribution in [2.45, 2.75) is 38.1 Å². The second-order valence-corrected chi connectivity index (χ2v) is 5.90. The molecule has 2 rings (SSSR count). The number of nitrogens with zero attached hydrogens (tertiary/aromatic N) is 1. The molecule has 0 radical (unpaired) electrons. The van der Waals surface area contributed by atoms with Gasteiger partial charge in [0.25, 0.3) is 0 Å². The molecule has 3 heteroatoms. The third-order valence-corrected chi connectivity index (χ3v) is 3.42. The predicted molar refractivity (Wildman–Crippen MR) is 73.3 cm³/mol. The number of hydrogen-bond donors (Lipinski definition) is 1. The number of carbonyl (C=O) groups excluding carboxylic acids is 1. The summed E-state index contributed by atoms with van der Waals surface area (Å²) in [5.74, 6) is 0.664. The minimum absolute atomic E-state index is 0.181. The van der Waals surface area contributed by atoms with E-state index in [0.717, 1.165) is 19.5 Å². The second-order valence-electron chi connectivity index (χ2n) is 5.90. The van der Waals surface area contributed by atoms with Crippen LogP contribution >= 0.6 is 0 Å². The van der Waals surface area contributed by atoms with Crippen LogP contribution in [0.3, 0.4) is 0 Å². The van der Waals surface area contributed by atoms with Crippen molar-refractivity contribution in [3.05, 3.63) is 35.9 Å². The third kappa shape index (κ3) is 3.33. The lowest BCUT2D eigenvalue weighted by Crippen LogP contribution is -2.40. The Morgan fingerprint density at radius 1 is 1.39 bits per heavy atom. The molecule has 0 aromatic heterocycles. The summed E-state index contributed by atoms with van der Waals surface area (Å²) in [5.41, 5.74) is 6.82. The van der Waals surface area contributed by atoms with E-state index in [9.17, 15) is 4.79 Å². The largest absolute Gasteiger partial charge is 0.342 e. The van der Waals surface area contributed by atoms with Gasteiger partial charge < -0.3 is 10.6 Å². The van der Waals surface area contributed by atoms with Crippen molar-refractivity contribution >= 4 is 5.91 Å². The molecule has 3 nitrogen and oxygen atoms in total. The van der Waals surface area contributed by atoms with Crippen molar-refractivity contribution in [1.82, 2.24) is 4.90 Å². The molecule has 1 heterocycles. The van der Waals surface area contributed by atoms with Crippen molar-refractivity contribution < 1.29 is 4.79 Å². The molecule has 1 aliphatic rings. The van der Waals surface area contributed by atoms with Gasteiger partial charge >= 0.3 is 0 Å². The summed E-state index contributed by atoms with van der Waals surface area (Å²) in [4.78, 5) is 14.0. The first-order valence-electron chi connectivity index (χ1n) is 6.57. The fourth-order valence-electron chi connectivity index (χ4n) is 2.49. The van der Waals surface area contributed by atoms with Gasteiger partial charge in [0, 0.05) is 31.0 Å². The number of amides is 1. The summed E-state index contributed by atoms with van der Waals surface area (Å²) in [6, 6.07) is 10.4. The molecular weight excluding hydrogens is 224 g/mol. The molecule has 1 aromatic carbocycles. The van der Waals surface area contributed by atoms with Crippen molar-refractivity contribution in [2.75, 3.05) is 13.1 Å². The van der Waals surface area contributed by atoms with E-state index in [1.807, 2.05) is 24.8 Å². The van der Waals surface area contributed by atoms with Crippen LogP contribution in [0.4, 0.5) is 0 Å². The van der Waals surface area contributed by atoms with Crippen molar-refractivity contribution in [2.24, 2.45) is 5.73 Å². The summed E-state index contributed by atoms with van der Waals surface area (Å²) in [5, 5.41) is 0. The summed E-state index contributed by atoms with van der Waals surface area (Å²) in [7, 11) is 0. The number of carbonyl (C=O) groups is 1. The van der Waals surface area contributed by atoms with E-state index < -0.39 is 5.54 Å². The zero-order valence-electron chi connectivity index (χ0n) is 11.2. The molecule has 98 valence electrons. The number of likely N-dealkylation sites (tertiary alicyclic amines) is 1. The van der Waals surface area contributed by atoms with Gasteiger partial charge in [0.1, 0.15) is 0 Å². The minimum Gasteiger partial charge on any atom is -0.342 e. The van der Waals surface area contributed by atoms with E-state index in [0.29, 0.717) is 12.3 Å². The van der Waals surface area contributed by atoms with Crippen LogP contribution < -0.4 is 5.73 Å². The average molecular weight is 246 g/mol. The molecule has 1 aromatic rings. The van der Waals surface area contributed by atoms with Gasteiger partial charge in [-0.15, -0.1) is 0 Å². The first-order chi connectivity index (χ1) is 8.46. The van der Waals surface area contributed by atoms with E-state index >= 15 is 0 Å². The van der Waals surface area contributed by atoms with Crippen LogP contribution in [0, 0.1) is 0 Å². The van der Waals surface area contributed by atoms with E-state index in [2.05, 4.69) is 24.3 Å². The normalized spacial score (nSPS) is 20.2. The monoisotopic (exact) mass is 246 g/mol. The molecule has 1 unspecified atom stereocenters. The molecular formula is C15H22N2O. The van der Waals surface area contributed by atoms with Gasteiger partial charge in [0.05, 0.1) is 0 Å². The van der Waals surface area contributed by atoms with Crippen LogP contribution in [-0.4, -0.2) is 29.4 Å². The Bertz CT molecular complexity index is 408. The van der Waals surface area contributed by atoms with E-state index in [1.54, 1.807) is 0 Å². The minimum atomic E-state index is -0.415. The summed E-state index contributed by atoms with van der Waals surface area (Å²) >= 11 is 0. The Morgan fingerprint density at radius 3 is 2.67 bits per heavy atom. The molecule has 0 spiro atoms. The Kier molecular flexibility index (Phi) is 3.71. The molecule has 1 amide bonds. The fourth-order valence-corrected chi connectivity index (χ4v) is 2.49. The molecule has 1 aliphatic heterocycles. The van der Waals surface area contributed by atoms with Crippen molar-refractivity contribution in [1.29, 1.82) is 0 Å². The molecule has 0 aliphatic carbocycles. The maximum absolute atomic E-state index is 12.1. The summed E-state index contributed by atoms with van der Waals surface area (Å²) < 4.78 is 0. The highest BCUT2D eigenvalue weighted by Crippen LogP contribution is 2.27. The van der Waals surface area contributed by atoms with E-state index in [-0.39, 0.29) is 5.91 Å². The lowest BCUT2D eigenvalue weighted by Gasteiger charge is -2.23. The van der Waals surface area contributed by atoms with Gasteiger partial charge in [-0.25, -0.2) is 0 Å². The van der Waals surface area contributed by atoms with Gasteiger partial charge in [-0.1, -0.05) is 30.3 Å². The molecule has 1 atom stereocenters. The van der Waals surface area contributed by atoms with Gasteiger partial charge in [-0.3, -0.25) is 4.79 Å². The standard InChI is InChI=1S/C15H22N2O/c1-15(2,16)10-14(18)17-9-8-13(11-17)12-6-4-3-5-7-12/h3-7,13H,8-11,16H2,1-2H3. The highest BCUT2D eigenvalue weighted by Gasteiger charge is 2.29. The van der Waals surface area contributed by atoms with Crippen LogP contribution in [-0.2, 0) is 4.79 Å².